The van der Waals surface area contributed by atoms with Gasteiger partial charge in [-0.15, -0.1) is 24.8 Å². The molecule has 0 bridgehead atoms. The van der Waals surface area contributed by atoms with Crippen molar-refractivity contribution in [1.29, 1.82) is 0 Å². The first kappa shape index (κ1) is 23.7. The van der Waals surface area contributed by atoms with E-state index < -0.39 is 0 Å². The third-order valence-corrected chi connectivity index (χ3v) is 5.03. The lowest BCUT2D eigenvalue weighted by atomic mass is 9.86. The Labute approximate surface area is 173 Å². The molecular weight excluding hydrogens is 386 g/mol. The SMILES string of the molecule is Cl.Cl.NC(c1ccc(F)cc1)C1CCN(CCCOc2ccccc2)CC1. The summed E-state index contributed by atoms with van der Waals surface area (Å²) in [5, 5.41) is 0. The van der Waals surface area contributed by atoms with Crippen molar-refractivity contribution in [2.75, 3.05) is 26.2 Å². The Balaban J connectivity index is 0.00000182. The van der Waals surface area contributed by atoms with Crippen molar-refractivity contribution in [3.63, 3.8) is 0 Å². The number of nitrogens with two attached hydrogens (primary N) is 1. The third kappa shape index (κ3) is 7.30. The molecule has 1 saturated heterocycles. The van der Waals surface area contributed by atoms with Crippen LogP contribution in [-0.4, -0.2) is 31.1 Å². The zero-order valence-corrected chi connectivity index (χ0v) is 17.1. The highest BCUT2D eigenvalue weighted by atomic mass is 35.5. The molecule has 27 heavy (non-hydrogen) atoms. The predicted octanol–water partition coefficient (Wildman–Crippen LogP) is 4.85. The highest BCUT2D eigenvalue weighted by Crippen LogP contribution is 2.29. The van der Waals surface area contributed by atoms with Gasteiger partial charge in [-0.2, -0.15) is 0 Å². The van der Waals surface area contributed by atoms with Gasteiger partial charge in [0, 0.05) is 12.6 Å². The fourth-order valence-corrected chi connectivity index (χ4v) is 3.49. The van der Waals surface area contributed by atoms with E-state index in [-0.39, 0.29) is 36.7 Å². The van der Waals surface area contributed by atoms with Crippen LogP contribution in [0.25, 0.3) is 0 Å². The van der Waals surface area contributed by atoms with Crippen LogP contribution in [0.3, 0.4) is 0 Å². The van der Waals surface area contributed by atoms with Crippen molar-refractivity contribution in [2.45, 2.75) is 25.3 Å². The highest BCUT2D eigenvalue weighted by Gasteiger charge is 2.25. The summed E-state index contributed by atoms with van der Waals surface area (Å²) in [6.45, 7) is 3.96. The molecular formula is C21H29Cl2FN2O. The summed E-state index contributed by atoms with van der Waals surface area (Å²) in [7, 11) is 0. The summed E-state index contributed by atoms with van der Waals surface area (Å²) in [4.78, 5) is 2.49. The predicted molar refractivity (Wildman–Crippen MR) is 114 cm³/mol. The van der Waals surface area contributed by atoms with E-state index in [1.807, 2.05) is 42.5 Å². The molecule has 3 rings (SSSR count). The normalized spacial score (nSPS) is 16.1. The minimum Gasteiger partial charge on any atom is -0.494 e. The van der Waals surface area contributed by atoms with Gasteiger partial charge in [0.25, 0.3) is 0 Å². The smallest absolute Gasteiger partial charge is 0.123 e. The van der Waals surface area contributed by atoms with E-state index in [4.69, 9.17) is 10.5 Å². The molecule has 2 N–H and O–H groups in total. The Kier molecular flexibility index (Phi) is 10.7. The molecule has 150 valence electrons. The zero-order valence-electron chi connectivity index (χ0n) is 15.4. The minimum atomic E-state index is -0.205. The average molecular weight is 415 g/mol. The molecule has 0 radical (unpaired) electrons. The van der Waals surface area contributed by atoms with Crippen molar-refractivity contribution < 1.29 is 9.13 Å². The maximum atomic E-state index is 13.0. The van der Waals surface area contributed by atoms with Gasteiger partial charge in [-0.05, 0) is 68.1 Å². The lowest BCUT2D eigenvalue weighted by Crippen LogP contribution is -2.38. The van der Waals surface area contributed by atoms with Gasteiger partial charge in [-0.25, -0.2) is 4.39 Å². The molecule has 1 fully saturated rings. The number of likely N-dealkylation sites (tertiary alicyclic amines) is 1. The van der Waals surface area contributed by atoms with Crippen molar-refractivity contribution in [2.24, 2.45) is 11.7 Å². The summed E-state index contributed by atoms with van der Waals surface area (Å²) in [6, 6.07) is 16.6. The molecule has 1 aliphatic heterocycles. The van der Waals surface area contributed by atoms with Crippen molar-refractivity contribution in [3.05, 3.63) is 66.0 Å². The van der Waals surface area contributed by atoms with Gasteiger partial charge in [-0.3, -0.25) is 0 Å². The standard InChI is InChI=1S/C21H27FN2O.2ClH/c22-19-9-7-17(8-10-19)21(23)18-11-14-24(15-12-18)13-4-16-25-20-5-2-1-3-6-20;;/h1-3,5-10,18,21H,4,11-16,23H2;2*1H. The van der Waals surface area contributed by atoms with E-state index in [1.165, 1.54) is 12.1 Å². The molecule has 0 aromatic heterocycles. The summed E-state index contributed by atoms with van der Waals surface area (Å²) in [5.74, 6) is 1.21. The number of ether oxygens (including phenoxy) is 1. The number of para-hydroxylation sites is 1. The molecule has 1 unspecified atom stereocenters. The van der Waals surface area contributed by atoms with Crippen LogP contribution in [0.15, 0.2) is 54.6 Å². The second kappa shape index (κ2) is 12.2. The van der Waals surface area contributed by atoms with Crippen LogP contribution in [0, 0.1) is 11.7 Å². The number of hydrogen-bond acceptors (Lipinski definition) is 3. The number of nitrogens with zero attached hydrogens (tertiary/aromatic N) is 1. The first-order chi connectivity index (χ1) is 12.2. The third-order valence-electron chi connectivity index (χ3n) is 5.03. The van der Waals surface area contributed by atoms with Crippen LogP contribution >= 0.6 is 24.8 Å². The minimum absolute atomic E-state index is 0. The maximum Gasteiger partial charge on any atom is 0.123 e. The Hall–Kier alpha value is -1.33. The van der Waals surface area contributed by atoms with E-state index in [0.717, 1.165) is 56.8 Å². The number of benzene rings is 2. The quantitative estimate of drug-likeness (QED) is 0.657. The molecule has 2 aromatic rings. The van der Waals surface area contributed by atoms with E-state index in [2.05, 4.69) is 4.90 Å². The van der Waals surface area contributed by atoms with E-state index in [0.29, 0.717) is 5.92 Å². The van der Waals surface area contributed by atoms with Crippen molar-refractivity contribution in [1.82, 2.24) is 4.90 Å². The summed E-state index contributed by atoms with van der Waals surface area (Å²) in [6.07, 6.45) is 3.22. The maximum absolute atomic E-state index is 13.0. The van der Waals surface area contributed by atoms with Crippen molar-refractivity contribution in [3.8, 4) is 5.75 Å². The van der Waals surface area contributed by atoms with Gasteiger partial charge in [0.2, 0.25) is 0 Å². The second-order valence-electron chi connectivity index (χ2n) is 6.77. The van der Waals surface area contributed by atoms with E-state index in [1.54, 1.807) is 0 Å². The molecule has 0 amide bonds. The zero-order chi connectivity index (χ0) is 17.5. The van der Waals surface area contributed by atoms with E-state index >= 15 is 0 Å². The van der Waals surface area contributed by atoms with E-state index in [9.17, 15) is 4.39 Å². The Morgan fingerprint density at radius 2 is 1.63 bits per heavy atom. The van der Waals surface area contributed by atoms with Gasteiger partial charge < -0.3 is 15.4 Å². The molecule has 1 aliphatic rings. The molecule has 1 atom stereocenters. The summed E-state index contributed by atoms with van der Waals surface area (Å²) < 4.78 is 18.8. The molecule has 1 heterocycles. The second-order valence-corrected chi connectivity index (χ2v) is 6.77. The molecule has 6 heteroatoms. The lowest BCUT2D eigenvalue weighted by Gasteiger charge is -2.35. The van der Waals surface area contributed by atoms with Gasteiger partial charge in [-0.1, -0.05) is 30.3 Å². The summed E-state index contributed by atoms with van der Waals surface area (Å²) >= 11 is 0. The molecule has 0 aliphatic carbocycles. The average Bonchev–Trinajstić information content (AvgIpc) is 2.67. The van der Waals surface area contributed by atoms with Crippen LogP contribution in [0.4, 0.5) is 4.39 Å². The van der Waals surface area contributed by atoms with Crippen LogP contribution in [0.2, 0.25) is 0 Å². The fraction of sp³-hybridized carbons (Fsp3) is 0.429. The molecule has 3 nitrogen and oxygen atoms in total. The lowest BCUT2D eigenvalue weighted by molar-refractivity contribution is 0.158. The fourth-order valence-electron chi connectivity index (χ4n) is 3.49. The number of halogens is 3. The Morgan fingerprint density at radius 3 is 2.26 bits per heavy atom. The molecule has 2 aromatic carbocycles. The molecule has 0 saturated carbocycles. The topological polar surface area (TPSA) is 38.5 Å². The first-order valence-corrected chi connectivity index (χ1v) is 9.13. The number of hydrogen-bond donors (Lipinski definition) is 1. The monoisotopic (exact) mass is 414 g/mol. The summed E-state index contributed by atoms with van der Waals surface area (Å²) in [5.41, 5.74) is 7.43. The first-order valence-electron chi connectivity index (χ1n) is 9.13. The van der Waals surface area contributed by atoms with Gasteiger partial charge in [0.15, 0.2) is 0 Å². The van der Waals surface area contributed by atoms with Crippen LogP contribution < -0.4 is 10.5 Å². The van der Waals surface area contributed by atoms with Gasteiger partial charge in [0.05, 0.1) is 6.61 Å². The number of piperidine rings is 1. The molecule has 0 spiro atoms. The van der Waals surface area contributed by atoms with Gasteiger partial charge in [0.1, 0.15) is 11.6 Å². The van der Waals surface area contributed by atoms with Crippen molar-refractivity contribution >= 4 is 24.8 Å². The number of rotatable bonds is 7. The Bertz CT molecular complexity index is 634. The highest BCUT2D eigenvalue weighted by molar-refractivity contribution is 5.85. The largest absolute Gasteiger partial charge is 0.494 e. The van der Waals surface area contributed by atoms with Crippen LogP contribution in [0.5, 0.6) is 5.75 Å². The van der Waals surface area contributed by atoms with Gasteiger partial charge >= 0.3 is 0 Å². The Morgan fingerprint density at radius 1 is 1.00 bits per heavy atom. The van der Waals surface area contributed by atoms with Crippen LogP contribution in [0.1, 0.15) is 30.9 Å². The van der Waals surface area contributed by atoms with Crippen LogP contribution in [-0.2, 0) is 0 Å².